The minimum Gasteiger partial charge on any atom is -0.479 e. The van der Waals surface area contributed by atoms with Gasteiger partial charge in [0.2, 0.25) is 5.88 Å². The first-order chi connectivity index (χ1) is 15.8. The van der Waals surface area contributed by atoms with E-state index in [1.165, 1.54) is 11.3 Å². The molecule has 0 radical (unpaired) electrons. The Kier molecular flexibility index (Phi) is 7.89. The molecule has 2 aromatic heterocycles. The highest BCUT2D eigenvalue weighted by Crippen LogP contribution is 2.41. The highest BCUT2D eigenvalue weighted by molar-refractivity contribution is 7.15. The monoisotopic (exact) mass is 501 g/mol. The SMILES string of the molecule is CCO[C@@]1(C(=O)O)C[C@@H](C(C)(C)C)CN(Cc2sc(-c3cc(F)cnc3OC(F)F)nc2C)C1. The number of alkyl halides is 2. The maximum absolute atomic E-state index is 13.8. The van der Waals surface area contributed by atoms with E-state index >= 15 is 0 Å². The van der Waals surface area contributed by atoms with Gasteiger partial charge in [-0.2, -0.15) is 8.78 Å². The molecular formula is C23H30F3N3O4S. The third-order valence-corrected chi connectivity index (χ3v) is 7.25. The second-order valence-corrected chi connectivity index (χ2v) is 10.7. The molecule has 3 heterocycles. The number of likely N-dealkylation sites (tertiary alicyclic amines) is 1. The number of aliphatic carboxylic acids is 1. The van der Waals surface area contributed by atoms with Crippen LogP contribution < -0.4 is 4.74 Å². The zero-order chi connectivity index (χ0) is 25.3. The van der Waals surface area contributed by atoms with Crippen molar-refractivity contribution in [1.29, 1.82) is 0 Å². The number of nitrogens with zero attached hydrogens (tertiary/aromatic N) is 3. The zero-order valence-electron chi connectivity index (χ0n) is 19.9. The quantitative estimate of drug-likeness (QED) is 0.546. The van der Waals surface area contributed by atoms with Crippen LogP contribution in [0.4, 0.5) is 13.2 Å². The number of aryl methyl sites for hydroxylation is 1. The lowest BCUT2D eigenvalue weighted by molar-refractivity contribution is -0.180. The van der Waals surface area contributed by atoms with Crippen LogP contribution in [0, 0.1) is 24.1 Å². The van der Waals surface area contributed by atoms with Crippen LogP contribution in [0.25, 0.3) is 10.6 Å². The molecule has 0 aromatic carbocycles. The van der Waals surface area contributed by atoms with Crippen molar-refractivity contribution in [2.24, 2.45) is 11.3 Å². The van der Waals surface area contributed by atoms with Crippen LogP contribution in [0.1, 0.15) is 44.7 Å². The van der Waals surface area contributed by atoms with Gasteiger partial charge in [-0.1, -0.05) is 20.8 Å². The third-order valence-electron chi connectivity index (χ3n) is 6.08. The minimum atomic E-state index is -3.11. The van der Waals surface area contributed by atoms with Gasteiger partial charge in [0.05, 0.1) is 17.5 Å². The zero-order valence-corrected chi connectivity index (χ0v) is 20.7. The van der Waals surface area contributed by atoms with Crippen LogP contribution in [-0.2, 0) is 16.1 Å². The Morgan fingerprint density at radius 2 is 2.12 bits per heavy atom. The lowest BCUT2D eigenvalue weighted by atomic mass is 9.71. The largest absolute Gasteiger partial charge is 0.479 e. The van der Waals surface area contributed by atoms with Crippen LogP contribution >= 0.6 is 11.3 Å². The molecule has 2 atom stereocenters. The van der Waals surface area contributed by atoms with Crippen molar-refractivity contribution in [1.82, 2.24) is 14.9 Å². The Morgan fingerprint density at radius 3 is 2.71 bits per heavy atom. The standard InChI is InChI=1S/C23H30F3N3O4S/c1-6-32-23(20(30)31)8-14(22(3,4)5)10-29(12-23)11-17-13(2)28-19(34-17)16-7-15(24)9-27-18(16)33-21(25)26/h7,9,14,21H,6,8,10-12H2,1-5H3,(H,30,31)/t14-,23+/m1/s1. The number of halogens is 3. The molecule has 188 valence electrons. The molecule has 1 aliphatic heterocycles. The first kappa shape index (κ1) is 26.4. The van der Waals surface area contributed by atoms with Crippen molar-refractivity contribution in [2.45, 2.75) is 59.8 Å². The topological polar surface area (TPSA) is 84.8 Å². The fourth-order valence-electron chi connectivity index (χ4n) is 4.21. The molecule has 1 fully saturated rings. The lowest BCUT2D eigenvalue weighted by Crippen LogP contribution is -2.59. The summed E-state index contributed by atoms with van der Waals surface area (Å²) in [6.45, 7) is 8.23. The van der Waals surface area contributed by atoms with Gasteiger partial charge in [-0.3, -0.25) is 4.90 Å². The number of rotatable bonds is 8. The number of ether oxygens (including phenoxy) is 2. The van der Waals surface area contributed by atoms with E-state index in [-0.39, 0.29) is 30.0 Å². The molecule has 1 saturated heterocycles. The Balaban J connectivity index is 1.93. The summed E-state index contributed by atoms with van der Waals surface area (Å²) in [7, 11) is 0. The first-order valence-electron chi connectivity index (χ1n) is 11.0. The van der Waals surface area contributed by atoms with E-state index in [9.17, 15) is 23.1 Å². The number of carbonyl (C=O) groups is 1. The van der Waals surface area contributed by atoms with E-state index in [2.05, 4.69) is 35.5 Å². The molecule has 0 bridgehead atoms. The first-order valence-corrected chi connectivity index (χ1v) is 11.8. The molecule has 0 spiro atoms. The number of aromatic nitrogens is 2. The van der Waals surface area contributed by atoms with Gasteiger partial charge in [0.1, 0.15) is 10.8 Å². The van der Waals surface area contributed by atoms with Crippen molar-refractivity contribution < 1.29 is 32.5 Å². The Labute approximate surface area is 200 Å². The summed E-state index contributed by atoms with van der Waals surface area (Å²) >= 11 is 1.21. The van der Waals surface area contributed by atoms with Gasteiger partial charge in [-0.15, -0.1) is 11.3 Å². The number of hydrogen-bond donors (Lipinski definition) is 1. The fourth-order valence-corrected chi connectivity index (χ4v) is 5.33. The summed E-state index contributed by atoms with van der Waals surface area (Å²) in [5.41, 5.74) is -0.779. The predicted molar refractivity (Wildman–Crippen MR) is 122 cm³/mol. The Hall–Kier alpha value is -2.24. The highest BCUT2D eigenvalue weighted by atomic mass is 32.1. The summed E-state index contributed by atoms with van der Waals surface area (Å²) in [5, 5.41) is 10.3. The molecule has 11 heteroatoms. The summed E-state index contributed by atoms with van der Waals surface area (Å²) in [6.07, 6.45) is 1.22. The maximum Gasteiger partial charge on any atom is 0.388 e. The summed E-state index contributed by atoms with van der Waals surface area (Å²) < 4.78 is 49.7. The number of thiazole rings is 1. The third kappa shape index (κ3) is 5.87. The predicted octanol–water partition coefficient (Wildman–Crippen LogP) is 4.98. The molecule has 0 saturated carbocycles. The molecule has 7 nitrogen and oxygen atoms in total. The van der Waals surface area contributed by atoms with Gasteiger partial charge in [-0.25, -0.2) is 19.2 Å². The lowest BCUT2D eigenvalue weighted by Gasteiger charge is -2.47. The molecule has 0 unspecified atom stereocenters. The summed E-state index contributed by atoms with van der Waals surface area (Å²) in [5.74, 6) is -2.02. The number of carboxylic acid groups (broad SMARTS) is 1. The van der Waals surface area contributed by atoms with E-state index in [1.54, 1.807) is 13.8 Å². The van der Waals surface area contributed by atoms with Crippen LogP contribution in [0.2, 0.25) is 0 Å². The van der Waals surface area contributed by atoms with Gasteiger partial charge < -0.3 is 14.6 Å². The molecule has 0 aliphatic carbocycles. The average molecular weight is 502 g/mol. The fraction of sp³-hybridized carbons (Fsp3) is 0.609. The van der Waals surface area contributed by atoms with E-state index < -0.39 is 29.9 Å². The molecule has 34 heavy (non-hydrogen) atoms. The van der Waals surface area contributed by atoms with Crippen LogP contribution in [-0.4, -0.2) is 57.9 Å². The van der Waals surface area contributed by atoms with E-state index in [0.717, 1.165) is 17.1 Å². The molecule has 0 amide bonds. The highest BCUT2D eigenvalue weighted by Gasteiger charge is 2.49. The van der Waals surface area contributed by atoms with Crippen molar-refractivity contribution in [3.8, 4) is 16.5 Å². The summed E-state index contributed by atoms with van der Waals surface area (Å²) in [4.78, 5) is 23.2. The average Bonchev–Trinajstić information content (AvgIpc) is 3.08. The van der Waals surface area contributed by atoms with E-state index in [1.807, 2.05) is 4.90 Å². The van der Waals surface area contributed by atoms with E-state index in [4.69, 9.17) is 4.74 Å². The molecule has 1 aliphatic rings. The summed E-state index contributed by atoms with van der Waals surface area (Å²) in [6, 6.07) is 1.06. The van der Waals surface area contributed by atoms with Crippen LogP contribution in [0.15, 0.2) is 12.3 Å². The Bertz CT molecular complexity index is 1030. The van der Waals surface area contributed by atoms with Gasteiger partial charge >= 0.3 is 12.6 Å². The second-order valence-electron chi connectivity index (χ2n) is 9.58. The van der Waals surface area contributed by atoms with Crippen molar-refractivity contribution in [3.05, 3.63) is 28.7 Å². The number of piperidine rings is 1. The molecule has 1 N–H and O–H groups in total. The Morgan fingerprint density at radius 1 is 1.41 bits per heavy atom. The molecule has 3 rings (SSSR count). The molecular weight excluding hydrogens is 471 g/mol. The van der Waals surface area contributed by atoms with Gasteiger partial charge in [0.25, 0.3) is 0 Å². The van der Waals surface area contributed by atoms with E-state index in [0.29, 0.717) is 30.2 Å². The van der Waals surface area contributed by atoms with Crippen LogP contribution in [0.3, 0.4) is 0 Å². The molecule has 2 aromatic rings. The second kappa shape index (κ2) is 10.2. The van der Waals surface area contributed by atoms with Gasteiger partial charge in [0.15, 0.2) is 5.60 Å². The minimum absolute atomic E-state index is 0.0417. The number of pyridine rings is 1. The van der Waals surface area contributed by atoms with Crippen molar-refractivity contribution >= 4 is 17.3 Å². The smallest absolute Gasteiger partial charge is 0.388 e. The number of hydrogen-bond acceptors (Lipinski definition) is 7. The van der Waals surface area contributed by atoms with Gasteiger partial charge in [-0.05, 0) is 37.7 Å². The van der Waals surface area contributed by atoms with Crippen molar-refractivity contribution in [3.63, 3.8) is 0 Å². The normalized spacial score (nSPS) is 21.7. The van der Waals surface area contributed by atoms with Crippen LogP contribution in [0.5, 0.6) is 5.88 Å². The van der Waals surface area contributed by atoms with Gasteiger partial charge in [0, 0.05) is 31.1 Å². The van der Waals surface area contributed by atoms with Crippen molar-refractivity contribution in [2.75, 3.05) is 19.7 Å². The number of carboxylic acids is 1. The maximum atomic E-state index is 13.8.